The predicted octanol–water partition coefficient (Wildman–Crippen LogP) is 2.01. The van der Waals surface area contributed by atoms with Crippen molar-refractivity contribution in [3.05, 3.63) is 45.3 Å². The smallest absolute Gasteiger partial charge is 0.336 e. The van der Waals surface area contributed by atoms with Crippen molar-refractivity contribution in [1.29, 1.82) is 0 Å². The molecule has 5 heteroatoms. The van der Waals surface area contributed by atoms with Crippen LogP contribution in [-0.2, 0) is 16.1 Å². The number of esters is 1. The second-order valence-corrected chi connectivity index (χ2v) is 6.74. The number of cyclic esters (lactones) is 1. The summed E-state index contributed by atoms with van der Waals surface area (Å²) in [5.74, 6) is 0.198. The molecule has 3 heterocycles. The zero-order valence-electron chi connectivity index (χ0n) is 13.3. The van der Waals surface area contributed by atoms with Crippen LogP contribution in [0.4, 0.5) is 0 Å². The van der Waals surface area contributed by atoms with Gasteiger partial charge in [-0.05, 0) is 36.6 Å². The van der Waals surface area contributed by atoms with Gasteiger partial charge in [0.2, 0.25) is 0 Å². The molecule has 2 aliphatic rings. The number of benzene rings is 1. The lowest BCUT2D eigenvalue weighted by atomic mass is 10.0. The molecule has 0 aliphatic carbocycles. The Morgan fingerprint density at radius 3 is 2.78 bits per heavy atom. The van der Waals surface area contributed by atoms with E-state index in [1.54, 1.807) is 6.07 Å². The van der Waals surface area contributed by atoms with Crippen LogP contribution in [0, 0.1) is 25.7 Å². The molecule has 0 unspecified atom stereocenters. The maximum Gasteiger partial charge on any atom is 0.336 e. The maximum absolute atomic E-state index is 11.9. The fourth-order valence-electron chi connectivity index (χ4n) is 3.87. The normalized spacial score (nSPS) is 24.2. The Labute approximate surface area is 133 Å². The van der Waals surface area contributed by atoms with Crippen LogP contribution in [0.3, 0.4) is 0 Å². The van der Waals surface area contributed by atoms with E-state index in [1.807, 2.05) is 19.9 Å². The second-order valence-electron chi connectivity index (χ2n) is 6.74. The van der Waals surface area contributed by atoms with Gasteiger partial charge in [0.25, 0.3) is 0 Å². The lowest BCUT2D eigenvalue weighted by molar-refractivity contribution is -0.141. The van der Waals surface area contributed by atoms with E-state index in [0.29, 0.717) is 25.3 Å². The molecule has 0 saturated carbocycles. The zero-order chi connectivity index (χ0) is 16.1. The van der Waals surface area contributed by atoms with Crippen molar-refractivity contribution in [2.45, 2.75) is 20.4 Å². The van der Waals surface area contributed by atoms with E-state index in [2.05, 4.69) is 11.0 Å². The number of nitrogens with zero attached hydrogens (tertiary/aromatic N) is 1. The summed E-state index contributed by atoms with van der Waals surface area (Å²) in [5, 5.41) is 0.988. The van der Waals surface area contributed by atoms with Gasteiger partial charge in [-0.25, -0.2) is 4.79 Å². The lowest BCUT2D eigenvalue weighted by Crippen LogP contribution is -2.24. The fourth-order valence-corrected chi connectivity index (χ4v) is 3.87. The molecular weight excluding hydrogens is 294 g/mol. The van der Waals surface area contributed by atoms with Crippen LogP contribution < -0.4 is 5.63 Å². The number of carbonyl (C=O) groups excluding carboxylic acids is 1. The van der Waals surface area contributed by atoms with Crippen LogP contribution in [-0.4, -0.2) is 30.6 Å². The molecule has 2 aromatic rings. The third-order valence-corrected chi connectivity index (χ3v) is 4.91. The summed E-state index contributed by atoms with van der Waals surface area (Å²) in [5.41, 5.74) is 3.43. The number of aryl methyl sites for hydroxylation is 2. The van der Waals surface area contributed by atoms with Crippen molar-refractivity contribution >= 4 is 16.9 Å². The average molecular weight is 313 g/mol. The van der Waals surface area contributed by atoms with Crippen LogP contribution in [0.2, 0.25) is 0 Å². The Hall–Kier alpha value is -2.14. The number of hydrogen-bond acceptors (Lipinski definition) is 5. The standard InChI is InChI=1S/C18H19NO4/c1-10-3-11(2)17-14(4-10)12(5-16(20)23-17)6-19-7-13-9-22-18(21)15(13)8-19/h3-5,13,15H,6-9H2,1-2H3/t13-,15-/m1/s1. The summed E-state index contributed by atoms with van der Waals surface area (Å²) in [6.45, 7) is 6.72. The molecule has 23 heavy (non-hydrogen) atoms. The van der Waals surface area contributed by atoms with Crippen molar-refractivity contribution < 1.29 is 13.9 Å². The highest BCUT2D eigenvalue weighted by Crippen LogP contribution is 2.32. The molecule has 2 fully saturated rings. The van der Waals surface area contributed by atoms with Crippen LogP contribution in [0.15, 0.2) is 27.4 Å². The summed E-state index contributed by atoms with van der Waals surface area (Å²) in [6, 6.07) is 5.66. The van der Waals surface area contributed by atoms with E-state index in [4.69, 9.17) is 9.15 Å². The molecule has 4 rings (SSSR count). The SMILES string of the molecule is Cc1cc(C)c2oc(=O)cc(CN3C[C@@H]4COC(=O)[C@@H]4C3)c2c1. The van der Waals surface area contributed by atoms with Gasteiger partial charge in [-0.15, -0.1) is 0 Å². The van der Waals surface area contributed by atoms with Gasteiger partial charge in [0, 0.05) is 37.0 Å². The summed E-state index contributed by atoms with van der Waals surface area (Å²) in [7, 11) is 0. The molecule has 1 aromatic heterocycles. The van der Waals surface area contributed by atoms with Crippen molar-refractivity contribution in [3.63, 3.8) is 0 Å². The Morgan fingerprint density at radius 1 is 1.17 bits per heavy atom. The molecule has 2 atom stereocenters. The van der Waals surface area contributed by atoms with E-state index >= 15 is 0 Å². The third-order valence-electron chi connectivity index (χ3n) is 4.91. The van der Waals surface area contributed by atoms with Crippen LogP contribution >= 0.6 is 0 Å². The number of fused-ring (bicyclic) bond motifs is 2. The minimum absolute atomic E-state index is 0.00939. The van der Waals surface area contributed by atoms with Gasteiger partial charge in [0.15, 0.2) is 0 Å². The molecule has 2 aliphatic heterocycles. The molecule has 0 N–H and O–H groups in total. The largest absolute Gasteiger partial charge is 0.465 e. The van der Waals surface area contributed by atoms with Gasteiger partial charge in [0.05, 0.1) is 12.5 Å². The van der Waals surface area contributed by atoms with Crippen LogP contribution in [0.25, 0.3) is 11.0 Å². The van der Waals surface area contributed by atoms with Crippen molar-refractivity contribution in [2.75, 3.05) is 19.7 Å². The fraction of sp³-hybridized carbons (Fsp3) is 0.444. The first-order valence-corrected chi connectivity index (χ1v) is 7.94. The minimum atomic E-state index is -0.321. The quantitative estimate of drug-likeness (QED) is 0.627. The Balaban J connectivity index is 1.69. The van der Waals surface area contributed by atoms with Crippen molar-refractivity contribution in [2.24, 2.45) is 11.8 Å². The predicted molar refractivity (Wildman–Crippen MR) is 85.2 cm³/mol. The topological polar surface area (TPSA) is 59.8 Å². The zero-order valence-corrected chi connectivity index (χ0v) is 13.3. The summed E-state index contributed by atoms with van der Waals surface area (Å²) in [6.07, 6.45) is 0. The second kappa shape index (κ2) is 5.20. The average Bonchev–Trinajstić information content (AvgIpc) is 3.02. The van der Waals surface area contributed by atoms with Crippen LogP contribution in [0.5, 0.6) is 0 Å². The molecule has 0 bridgehead atoms. The molecule has 0 amide bonds. The third kappa shape index (κ3) is 2.45. The van der Waals surface area contributed by atoms with E-state index in [0.717, 1.165) is 28.6 Å². The highest BCUT2D eigenvalue weighted by atomic mass is 16.5. The summed E-state index contributed by atoms with van der Waals surface area (Å²) >= 11 is 0. The number of likely N-dealkylation sites (tertiary alicyclic amines) is 1. The minimum Gasteiger partial charge on any atom is -0.465 e. The number of carbonyl (C=O) groups is 1. The first kappa shape index (κ1) is 14.5. The van der Waals surface area contributed by atoms with E-state index in [-0.39, 0.29) is 23.4 Å². The summed E-state index contributed by atoms with van der Waals surface area (Å²) in [4.78, 5) is 25.8. The van der Waals surface area contributed by atoms with Gasteiger partial charge in [-0.1, -0.05) is 6.07 Å². The lowest BCUT2D eigenvalue weighted by Gasteiger charge is -2.18. The highest BCUT2D eigenvalue weighted by molar-refractivity contribution is 5.83. The van der Waals surface area contributed by atoms with E-state index in [9.17, 15) is 9.59 Å². The molecule has 0 radical (unpaired) electrons. The molecule has 1 aromatic carbocycles. The number of hydrogen-bond donors (Lipinski definition) is 0. The molecule has 2 saturated heterocycles. The molecule has 5 nitrogen and oxygen atoms in total. The Kier molecular flexibility index (Phi) is 3.27. The Bertz CT molecular complexity index is 854. The molecular formula is C18H19NO4. The van der Waals surface area contributed by atoms with Gasteiger partial charge >= 0.3 is 11.6 Å². The van der Waals surface area contributed by atoms with Gasteiger partial charge in [0.1, 0.15) is 5.58 Å². The van der Waals surface area contributed by atoms with E-state index < -0.39 is 0 Å². The van der Waals surface area contributed by atoms with Gasteiger partial charge in [-0.3, -0.25) is 9.69 Å². The Morgan fingerprint density at radius 2 is 2.00 bits per heavy atom. The van der Waals surface area contributed by atoms with E-state index in [1.165, 1.54) is 0 Å². The first-order valence-electron chi connectivity index (χ1n) is 7.94. The number of rotatable bonds is 2. The van der Waals surface area contributed by atoms with Gasteiger partial charge < -0.3 is 9.15 Å². The number of ether oxygens (including phenoxy) is 1. The van der Waals surface area contributed by atoms with Gasteiger partial charge in [-0.2, -0.15) is 0 Å². The molecule has 0 spiro atoms. The first-order chi connectivity index (χ1) is 11.0. The van der Waals surface area contributed by atoms with Crippen molar-refractivity contribution in [1.82, 2.24) is 4.90 Å². The summed E-state index contributed by atoms with van der Waals surface area (Å²) < 4.78 is 10.5. The maximum atomic E-state index is 11.9. The monoisotopic (exact) mass is 313 g/mol. The van der Waals surface area contributed by atoms with Crippen molar-refractivity contribution in [3.8, 4) is 0 Å². The van der Waals surface area contributed by atoms with Crippen LogP contribution in [0.1, 0.15) is 16.7 Å². The highest BCUT2D eigenvalue weighted by Gasteiger charge is 2.43. The molecule has 120 valence electrons.